The van der Waals surface area contributed by atoms with E-state index in [9.17, 15) is 9.59 Å². The van der Waals surface area contributed by atoms with E-state index in [0.717, 1.165) is 18.5 Å². The Balaban J connectivity index is 1.34. The summed E-state index contributed by atoms with van der Waals surface area (Å²) in [5.41, 5.74) is 1.62. The Morgan fingerprint density at radius 1 is 1.19 bits per heavy atom. The van der Waals surface area contributed by atoms with Crippen LogP contribution >= 0.6 is 46.4 Å². The lowest BCUT2D eigenvalue weighted by Gasteiger charge is -2.39. The lowest BCUT2D eigenvalue weighted by molar-refractivity contribution is 0.0410. The number of alkyl halides is 3. The number of fused-ring (bicyclic) bond motifs is 1. The monoisotopic (exact) mass is 585 g/mol. The smallest absolute Gasteiger partial charge is 0.410 e. The average molecular weight is 587 g/mol. The van der Waals surface area contributed by atoms with Gasteiger partial charge in [-0.3, -0.25) is 9.89 Å². The van der Waals surface area contributed by atoms with Gasteiger partial charge in [0.25, 0.3) is 5.91 Å². The van der Waals surface area contributed by atoms with Crippen LogP contribution in [0.25, 0.3) is 10.9 Å². The molecule has 2 fully saturated rings. The van der Waals surface area contributed by atoms with Crippen LogP contribution < -0.4 is 5.32 Å². The van der Waals surface area contributed by atoms with Crippen LogP contribution in [0.4, 0.5) is 16.4 Å². The highest BCUT2D eigenvalue weighted by atomic mass is 35.6. The summed E-state index contributed by atoms with van der Waals surface area (Å²) >= 11 is 23.2. The van der Waals surface area contributed by atoms with Gasteiger partial charge in [0.15, 0.2) is 5.82 Å². The van der Waals surface area contributed by atoms with Crippen molar-refractivity contribution in [1.29, 1.82) is 0 Å². The van der Waals surface area contributed by atoms with Crippen LogP contribution in [0.1, 0.15) is 42.0 Å². The molecule has 0 bridgehead atoms. The third-order valence-electron chi connectivity index (χ3n) is 6.22. The number of ether oxygens (including phenoxy) is 1. The van der Waals surface area contributed by atoms with Gasteiger partial charge in [-0.2, -0.15) is 5.10 Å². The number of benzene rings is 1. The van der Waals surface area contributed by atoms with E-state index in [1.54, 1.807) is 30.0 Å². The maximum Gasteiger partial charge on any atom is 0.410 e. The van der Waals surface area contributed by atoms with Crippen molar-refractivity contribution >= 4 is 80.9 Å². The number of nitrogens with one attached hydrogen (secondary N) is 2. The second-order valence-corrected chi connectivity index (χ2v) is 12.1. The number of aromatic amines is 1. The van der Waals surface area contributed by atoms with E-state index in [2.05, 4.69) is 25.5 Å². The molecule has 1 aliphatic heterocycles. The van der Waals surface area contributed by atoms with Crippen molar-refractivity contribution in [2.75, 3.05) is 31.6 Å². The number of amides is 2. The molecule has 1 saturated carbocycles. The summed E-state index contributed by atoms with van der Waals surface area (Å²) in [5, 5.41) is 11.8. The van der Waals surface area contributed by atoms with Gasteiger partial charge in [0.1, 0.15) is 12.4 Å². The number of piperazine rings is 1. The van der Waals surface area contributed by atoms with Crippen molar-refractivity contribution < 1.29 is 14.3 Å². The fourth-order valence-electron chi connectivity index (χ4n) is 4.20. The Morgan fingerprint density at radius 3 is 2.68 bits per heavy atom. The molecular weight excluding hydrogens is 564 g/mol. The van der Waals surface area contributed by atoms with Crippen LogP contribution in [0, 0.1) is 0 Å². The number of anilines is 2. The highest BCUT2D eigenvalue weighted by molar-refractivity contribution is 6.67. The first-order valence-electron chi connectivity index (χ1n) is 11.7. The normalized spacial score (nSPS) is 18.2. The zero-order chi connectivity index (χ0) is 26.3. The summed E-state index contributed by atoms with van der Waals surface area (Å²) in [6, 6.07) is 6.80. The number of hydrogen-bond acceptors (Lipinski definition) is 7. The molecule has 1 saturated heterocycles. The average Bonchev–Trinajstić information content (AvgIpc) is 3.60. The van der Waals surface area contributed by atoms with Gasteiger partial charge < -0.3 is 19.9 Å². The van der Waals surface area contributed by atoms with Gasteiger partial charge in [0, 0.05) is 53.8 Å². The lowest BCUT2D eigenvalue weighted by Crippen LogP contribution is -2.56. The van der Waals surface area contributed by atoms with Crippen LogP contribution in [0.3, 0.4) is 0 Å². The molecule has 2 N–H and O–H groups in total. The van der Waals surface area contributed by atoms with Crippen molar-refractivity contribution in [2.45, 2.75) is 35.5 Å². The Morgan fingerprint density at radius 2 is 1.97 bits per heavy atom. The van der Waals surface area contributed by atoms with Crippen molar-refractivity contribution in [3.05, 3.63) is 40.8 Å². The Kier molecular flexibility index (Phi) is 7.28. The molecule has 2 amide bonds. The summed E-state index contributed by atoms with van der Waals surface area (Å²) in [5.74, 6) is 1.19. The summed E-state index contributed by atoms with van der Waals surface area (Å²) in [7, 11) is 0. The quantitative estimate of drug-likeness (QED) is 0.391. The van der Waals surface area contributed by atoms with E-state index in [0.29, 0.717) is 33.5 Å². The Hall–Kier alpha value is -2.53. The van der Waals surface area contributed by atoms with Gasteiger partial charge in [-0.25, -0.2) is 14.8 Å². The molecule has 1 atom stereocenters. The van der Waals surface area contributed by atoms with Gasteiger partial charge >= 0.3 is 6.09 Å². The molecule has 0 radical (unpaired) electrons. The van der Waals surface area contributed by atoms with Gasteiger partial charge in [0.05, 0.1) is 5.52 Å². The molecule has 0 spiro atoms. The Labute approximate surface area is 232 Å². The first kappa shape index (κ1) is 26.1. The minimum Gasteiger partial charge on any atom is -0.445 e. The van der Waals surface area contributed by atoms with Crippen molar-refractivity contribution in [3.63, 3.8) is 0 Å². The van der Waals surface area contributed by atoms with E-state index >= 15 is 0 Å². The molecule has 196 valence electrons. The first-order valence-corrected chi connectivity index (χ1v) is 13.2. The largest absolute Gasteiger partial charge is 0.445 e. The molecule has 14 heteroatoms. The topological polar surface area (TPSA) is 116 Å². The zero-order valence-corrected chi connectivity index (χ0v) is 22.7. The number of carbonyl (C=O) groups is 2. The molecule has 5 rings (SSSR count). The summed E-state index contributed by atoms with van der Waals surface area (Å²) in [4.78, 5) is 38.0. The standard InChI is InChI=1S/C23H23Cl4N7O3/c1-12-10-33(6-7-34(12)22(36)37-11-23(25,26)27)21(35)20-28-16-5-4-14(24)8-15(16)19(30-20)29-18-9-17(31-32-18)13-2-3-13/h4-5,8-9,12-13H,2-3,6-7,10-11H2,1H3,(H2,28,29,30,31,32). The third-order valence-corrected chi connectivity index (χ3v) is 6.78. The fourth-order valence-corrected chi connectivity index (χ4v) is 4.53. The minimum atomic E-state index is -1.70. The number of halogens is 4. The van der Waals surface area contributed by atoms with Crippen LogP contribution in [-0.4, -0.2) is 78.0 Å². The van der Waals surface area contributed by atoms with E-state index in [-0.39, 0.29) is 44.0 Å². The number of carbonyl (C=O) groups excluding carboxylic acids is 2. The summed E-state index contributed by atoms with van der Waals surface area (Å²) < 4.78 is 3.38. The molecule has 2 aliphatic rings. The lowest BCUT2D eigenvalue weighted by atomic mass is 10.2. The maximum atomic E-state index is 13.4. The van der Waals surface area contributed by atoms with Gasteiger partial charge in [-0.1, -0.05) is 46.4 Å². The van der Waals surface area contributed by atoms with Crippen LogP contribution in [-0.2, 0) is 4.74 Å². The highest BCUT2D eigenvalue weighted by Crippen LogP contribution is 2.40. The van der Waals surface area contributed by atoms with E-state index in [1.165, 1.54) is 4.90 Å². The SMILES string of the molecule is CC1CN(C(=O)c2nc(Nc3cc(C4CC4)[nH]n3)c3cc(Cl)ccc3n2)CCN1C(=O)OCC(Cl)(Cl)Cl. The van der Waals surface area contributed by atoms with E-state index < -0.39 is 9.89 Å². The van der Waals surface area contributed by atoms with Crippen molar-refractivity contribution in [2.24, 2.45) is 0 Å². The minimum absolute atomic E-state index is 0.0229. The first-order chi connectivity index (χ1) is 17.6. The van der Waals surface area contributed by atoms with Gasteiger partial charge in [-0.15, -0.1) is 0 Å². The molecule has 1 aliphatic carbocycles. The van der Waals surface area contributed by atoms with Crippen LogP contribution in [0.15, 0.2) is 24.3 Å². The van der Waals surface area contributed by atoms with Gasteiger partial charge in [-0.05, 0) is 38.0 Å². The molecule has 37 heavy (non-hydrogen) atoms. The predicted molar refractivity (Wildman–Crippen MR) is 142 cm³/mol. The summed E-state index contributed by atoms with van der Waals surface area (Å²) in [6.07, 6.45) is 1.67. The summed E-state index contributed by atoms with van der Waals surface area (Å²) in [6.45, 7) is 2.21. The van der Waals surface area contributed by atoms with E-state index in [4.69, 9.17) is 51.1 Å². The second-order valence-electron chi connectivity index (χ2n) is 9.13. The fraction of sp³-hybridized carbons (Fsp3) is 0.435. The molecule has 1 unspecified atom stereocenters. The predicted octanol–water partition coefficient (Wildman–Crippen LogP) is 5.28. The molecule has 1 aromatic carbocycles. The Bertz CT molecular complexity index is 1340. The molecular formula is C23H23Cl4N7O3. The number of nitrogens with zero attached hydrogens (tertiary/aromatic N) is 5. The highest BCUT2D eigenvalue weighted by Gasteiger charge is 2.34. The number of hydrogen-bond donors (Lipinski definition) is 2. The molecule has 3 heterocycles. The second kappa shape index (κ2) is 10.3. The van der Waals surface area contributed by atoms with Crippen LogP contribution in [0.2, 0.25) is 5.02 Å². The van der Waals surface area contributed by atoms with Crippen molar-refractivity contribution in [1.82, 2.24) is 30.0 Å². The zero-order valence-electron chi connectivity index (χ0n) is 19.7. The van der Waals surface area contributed by atoms with Crippen LogP contribution in [0.5, 0.6) is 0 Å². The molecule has 3 aromatic rings. The number of H-pyrrole nitrogens is 1. The number of rotatable bonds is 5. The maximum absolute atomic E-state index is 13.4. The van der Waals surface area contributed by atoms with Gasteiger partial charge in [0.2, 0.25) is 9.62 Å². The molecule has 10 nitrogen and oxygen atoms in total. The number of aromatic nitrogens is 4. The van der Waals surface area contributed by atoms with E-state index in [1.807, 2.05) is 6.07 Å². The van der Waals surface area contributed by atoms with Crippen molar-refractivity contribution in [3.8, 4) is 0 Å². The third kappa shape index (κ3) is 6.14. The molecule has 2 aromatic heterocycles.